The van der Waals surface area contributed by atoms with Gasteiger partial charge in [-0.3, -0.25) is 4.79 Å². The largest absolute Gasteiger partial charge is 0.392 e. The van der Waals surface area contributed by atoms with Crippen molar-refractivity contribution in [2.45, 2.75) is 45.8 Å². The molecule has 0 aromatic heterocycles. The van der Waals surface area contributed by atoms with Crippen molar-refractivity contribution >= 4 is 23.1 Å². The molecule has 15 heavy (non-hydrogen) atoms. The fourth-order valence-electron chi connectivity index (χ4n) is 0.892. The van der Waals surface area contributed by atoms with Crippen molar-refractivity contribution < 1.29 is 9.53 Å². The molecular weight excluding hydrogens is 212 g/mol. The van der Waals surface area contributed by atoms with Crippen LogP contribution in [0.5, 0.6) is 0 Å². The van der Waals surface area contributed by atoms with Gasteiger partial charge >= 0.3 is 0 Å². The maximum absolute atomic E-state index is 11.4. The number of hydrogen-bond donors (Lipinski definition) is 2. The molecule has 0 radical (unpaired) electrons. The Labute approximate surface area is 96.5 Å². The quantitative estimate of drug-likeness (QED) is 0.694. The van der Waals surface area contributed by atoms with Crippen LogP contribution in [-0.2, 0) is 9.53 Å². The molecule has 0 aliphatic heterocycles. The van der Waals surface area contributed by atoms with E-state index < -0.39 is 0 Å². The molecule has 4 nitrogen and oxygen atoms in total. The SMILES string of the molecule is CCC(NC(=O)COC(C)(C)C)C(N)=S. The van der Waals surface area contributed by atoms with Crippen molar-refractivity contribution in [1.82, 2.24) is 5.32 Å². The van der Waals surface area contributed by atoms with E-state index in [4.69, 9.17) is 22.7 Å². The summed E-state index contributed by atoms with van der Waals surface area (Å²) in [5.41, 5.74) is 5.14. The van der Waals surface area contributed by atoms with Gasteiger partial charge in [0.15, 0.2) is 0 Å². The molecule has 1 atom stereocenters. The number of hydrogen-bond acceptors (Lipinski definition) is 3. The number of carbonyl (C=O) groups is 1. The van der Waals surface area contributed by atoms with Gasteiger partial charge in [-0.15, -0.1) is 0 Å². The molecule has 0 aliphatic carbocycles. The maximum atomic E-state index is 11.4. The van der Waals surface area contributed by atoms with Gasteiger partial charge in [-0.1, -0.05) is 19.1 Å². The first kappa shape index (κ1) is 14.3. The van der Waals surface area contributed by atoms with Crippen LogP contribution in [-0.4, -0.2) is 29.1 Å². The van der Waals surface area contributed by atoms with Gasteiger partial charge < -0.3 is 15.8 Å². The van der Waals surface area contributed by atoms with E-state index in [2.05, 4.69) is 5.32 Å². The van der Waals surface area contributed by atoms with E-state index in [-0.39, 0.29) is 24.2 Å². The Hall–Kier alpha value is -0.680. The highest BCUT2D eigenvalue weighted by molar-refractivity contribution is 7.80. The van der Waals surface area contributed by atoms with Crippen LogP contribution in [0.15, 0.2) is 0 Å². The monoisotopic (exact) mass is 232 g/mol. The third kappa shape index (κ3) is 7.27. The van der Waals surface area contributed by atoms with Crippen LogP contribution >= 0.6 is 12.2 Å². The number of carbonyl (C=O) groups excluding carboxylic acids is 1. The van der Waals surface area contributed by atoms with Crippen molar-refractivity contribution in [2.75, 3.05) is 6.61 Å². The minimum absolute atomic E-state index is 0.0304. The lowest BCUT2D eigenvalue weighted by Crippen LogP contribution is -2.45. The van der Waals surface area contributed by atoms with Crippen LogP contribution in [0.3, 0.4) is 0 Å². The van der Waals surface area contributed by atoms with E-state index in [1.54, 1.807) is 0 Å². The number of nitrogens with one attached hydrogen (secondary N) is 1. The highest BCUT2D eigenvalue weighted by Crippen LogP contribution is 2.05. The summed E-state index contributed by atoms with van der Waals surface area (Å²) in [5, 5.41) is 2.71. The number of amides is 1. The van der Waals surface area contributed by atoms with Crippen molar-refractivity contribution in [3.63, 3.8) is 0 Å². The second-order valence-electron chi connectivity index (χ2n) is 4.33. The summed E-state index contributed by atoms with van der Waals surface area (Å²) in [6.45, 7) is 7.62. The van der Waals surface area contributed by atoms with Crippen LogP contribution in [0.1, 0.15) is 34.1 Å². The van der Waals surface area contributed by atoms with Crippen LogP contribution in [0.25, 0.3) is 0 Å². The third-order valence-electron chi connectivity index (χ3n) is 1.72. The molecule has 0 spiro atoms. The summed E-state index contributed by atoms with van der Waals surface area (Å²) < 4.78 is 5.32. The van der Waals surface area contributed by atoms with E-state index in [0.29, 0.717) is 11.4 Å². The number of rotatable bonds is 5. The lowest BCUT2D eigenvalue weighted by Gasteiger charge is -2.20. The second kappa shape index (κ2) is 6.02. The Morgan fingerprint density at radius 3 is 2.40 bits per heavy atom. The zero-order chi connectivity index (χ0) is 12.1. The summed E-state index contributed by atoms with van der Waals surface area (Å²) >= 11 is 4.81. The van der Waals surface area contributed by atoms with Gasteiger partial charge in [-0.25, -0.2) is 0 Å². The Bertz CT molecular complexity index is 236. The molecule has 0 heterocycles. The fraction of sp³-hybridized carbons (Fsp3) is 0.800. The normalized spacial score (nSPS) is 13.3. The van der Waals surface area contributed by atoms with Crippen LogP contribution < -0.4 is 11.1 Å². The average molecular weight is 232 g/mol. The average Bonchev–Trinajstić information content (AvgIpc) is 2.09. The molecular formula is C10H20N2O2S. The minimum atomic E-state index is -0.317. The van der Waals surface area contributed by atoms with E-state index in [1.807, 2.05) is 27.7 Å². The molecule has 0 saturated carbocycles. The molecule has 0 rings (SSSR count). The van der Waals surface area contributed by atoms with E-state index >= 15 is 0 Å². The van der Waals surface area contributed by atoms with Crippen molar-refractivity contribution in [2.24, 2.45) is 5.73 Å². The zero-order valence-electron chi connectivity index (χ0n) is 9.79. The fourth-order valence-corrected chi connectivity index (χ4v) is 1.12. The lowest BCUT2D eigenvalue weighted by molar-refractivity contribution is -0.130. The highest BCUT2D eigenvalue weighted by Gasteiger charge is 2.16. The molecule has 0 aliphatic rings. The van der Waals surface area contributed by atoms with Crippen molar-refractivity contribution in [3.8, 4) is 0 Å². The highest BCUT2D eigenvalue weighted by atomic mass is 32.1. The first-order chi connectivity index (χ1) is 6.76. The summed E-state index contributed by atoms with van der Waals surface area (Å²) in [6.07, 6.45) is 0.691. The summed E-state index contributed by atoms with van der Waals surface area (Å²) in [6, 6.07) is -0.240. The van der Waals surface area contributed by atoms with E-state index in [1.165, 1.54) is 0 Å². The van der Waals surface area contributed by atoms with Gasteiger partial charge in [0.2, 0.25) is 5.91 Å². The predicted octanol–water partition coefficient (Wildman–Crippen LogP) is 0.982. The second-order valence-corrected chi connectivity index (χ2v) is 4.80. The summed E-state index contributed by atoms with van der Waals surface area (Å²) in [5.74, 6) is -0.190. The first-order valence-corrected chi connectivity index (χ1v) is 5.39. The molecule has 0 bridgehead atoms. The molecule has 1 unspecified atom stereocenters. The molecule has 3 N–H and O–H groups in total. The third-order valence-corrected chi connectivity index (χ3v) is 2.01. The topological polar surface area (TPSA) is 64.3 Å². The van der Waals surface area contributed by atoms with Crippen molar-refractivity contribution in [1.29, 1.82) is 0 Å². The van der Waals surface area contributed by atoms with E-state index in [9.17, 15) is 4.79 Å². The minimum Gasteiger partial charge on any atom is -0.392 e. The lowest BCUT2D eigenvalue weighted by atomic mass is 10.2. The Balaban J connectivity index is 3.98. The molecule has 88 valence electrons. The number of thiocarbonyl (C=S) groups is 1. The van der Waals surface area contributed by atoms with Gasteiger partial charge in [-0.2, -0.15) is 0 Å². The molecule has 5 heteroatoms. The Morgan fingerprint density at radius 2 is 2.07 bits per heavy atom. The zero-order valence-corrected chi connectivity index (χ0v) is 10.6. The molecule has 0 saturated heterocycles. The smallest absolute Gasteiger partial charge is 0.246 e. The number of ether oxygens (including phenoxy) is 1. The van der Waals surface area contributed by atoms with Gasteiger partial charge in [0.1, 0.15) is 6.61 Å². The van der Waals surface area contributed by atoms with Gasteiger partial charge in [-0.05, 0) is 27.2 Å². The van der Waals surface area contributed by atoms with Crippen molar-refractivity contribution in [3.05, 3.63) is 0 Å². The van der Waals surface area contributed by atoms with Crippen LogP contribution in [0.2, 0.25) is 0 Å². The Morgan fingerprint density at radius 1 is 1.53 bits per heavy atom. The summed E-state index contributed by atoms with van der Waals surface area (Å²) in [4.78, 5) is 11.7. The molecule has 1 amide bonds. The first-order valence-electron chi connectivity index (χ1n) is 4.99. The Kier molecular flexibility index (Phi) is 5.75. The van der Waals surface area contributed by atoms with Gasteiger partial charge in [0, 0.05) is 0 Å². The van der Waals surface area contributed by atoms with Gasteiger partial charge in [0.25, 0.3) is 0 Å². The number of nitrogens with two attached hydrogens (primary N) is 1. The maximum Gasteiger partial charge on any atom is 0.246 e. The van der Waals surface area contributed by atoms with Crippen LogP contribution in [0, 0.1) is 0 Å². The molecule has 0 aromatic rings. The molecule has 0 aromatic carbocycles. The molecule has 0 fully saturated rings. The summed E-state index contributed by atoms with van der Waals surface area (Å²) in [7, 11) is 0. The predicted molar refractivity (Wildman–Crippen MR) is 64.7 cm³/mol. The van der Waals surface area contributed by atoms with E-state index in [0.717, 1.165) is 0 Å². The van der Waals surface area contributed by atoms with Gasteiger partial charge in [0.05, 0.1) is 16.6 Å². The van der Waals surface area contributed by atoms with Crippen LogP contribution in [0.4, 0.5) is 0 Å². The standard InChI is InChI=1S/C10H20N2O2S/c1-5-7(9(11)15)12-8(13)6-14-10(2,3)4/h7H,5-6H2,1-4H3,(H2,11,15)(H,12,13).